The Morgan fingerprint density at radius 1 is 0.912 bits per heavy atom. The van der Waals surface area contributed by atoms with Crippen molar-refractivity contribution in [3.63, 3.8) is 0 Å². The molecule has 5 heteroatoms. The van der Waals surface area contributed by atoms with E-state index < -0.39 is 6.04 Å². The zero-order valence-electron chi connectivity index (χ0n) is 20.1. The maximum atomic E-state index is 13.7. The van der Waals surface area contributed by atoms with Crippen LogP contribution in [0.1, 0.15) is 42.5 Å². The Hall–Kier alpha value is -2.92. The van der Waals surface area contributed by atoms with Crippen LogP contribution in [0.15, 0.2) is 83.3 Å². The third-order valence-electron chi connectivity index (χ3n) is 5.95. The lowest BCUT2D eigenvalue weighted by molar-refractivity contribution is -0.141. The van der Waals surface area contributed by atoms with E-state index in [1.807, 2.05) is 99.6 Å². The second-order valence-corrected chi connectivity index (χ2v) is 9.76. The molecule has 0 spiro atoms. The molecule has 0 aliphatic rings. The predicted molar refractivity (Wildman–Crippen MR) is 141 cm³/mol. The molecule has 3 rings (SSSR count). The summed E-state index contributed by atoms with van der Waals surface area (Å²) < 4.78 is 0.944. The first-order chi connectivity index (χ1) is 16.4. The molecule has 0 aliphatic carbocycles. The molecule has 0 heterocycles. The summed E-state index contributed by atoms with van der Waals surface area (Å²) in [5.41, 5.74) is 4.06. The molecule has 0 aliphatic heterocycles. The van der Waals surface area contributed by atoms with Gasteiger partial charge in [0.25, 0.3) is 0 Å². The lowest BCUT2D eigenvalue weighted by atomic mass is 10.0. The van der Waals surface area contributed by atoms with Gasteiger partial charge >= 0.3 is 0 Å². The van der Waals surface area contributed by atoms with E-state index in [2.05, 4.69) is 21.2 Å². The highest BCUT2D eigenvalue weighted by Crippen LogP contribution is 2.19. The number of nitrogens with zero attached hydrogens (tertiary/aromatic N) is 1. The lowest BCUT2D eigenvalue weighted by Gasteiger charge is -2.32. The topological polar surface area (TPSA) is 49.4 Å². The van der Waals surface area contributed by atoms with Gasteiger partial charge in [-0.25, -0.2) is 0 Å². The third kappa shape index (κ3) is 7.56. The zero-order valence-corrected chi connectivity index (χ0v) is 21.7. The number of hydrogen-bond acceptors (Lipinski definition) is 2. The summed E-state index contributed by atoms with van der Waals surface area (Å²) in [5.74, 6) is -0.184. The van der Waals surface area contributed by atoms with E-state index in [1.54, 1.807) is 4.90 Å². The van der Waals surface area contributed by atoms with Crippen LogP contribution in [-0.2, 0) is 29.0 Å². The second-order valence-electron chi connectivity index (χ2n) is 8.84. The summed E-state index contributed by atoms with van der Waals surface area (Å²) in [5, 5.41) is 3.11. The Kier molecular flexibility index (Phi) is 9.46. The van der Waals surface area contributed by atoms with E-state index >= 15 is 0 Å². The number of hydrogen-bond donors (Lipinski definition) is 1. The molecule has 0 saturated carbocycles. The molecule has 3 aromatic carbocycles. The van der Waals surface area contributed by atoms with Crippen molar-refractivity contribution in [1.29, 1.82) is 0 Å². The standard InChI is InChI=1S/C29H33BrN2O2/c1-4-22(3)31-29(34)27(18-23-11-6-5-7-12-23)32(20-25-14-9-15-26(30)17-25)28(33)19-24-13-8-10-21(2)16-24/h5-17,22,27H,4,18-20H2,1-3H3,(H,31,34)/t22-,27+/m1/s1. The van der Waals surface area contributed by atoms with Crippen molar-refractivity contribution >= 4 is 27.7 Å². The van der Waals surface area contributed by atoms with Crippen LogP contribution in [0.5, 0.6) is 0 Å². The van der Waals surface area contributed by atoms with Gasteiger partial charge in [0.1, 0.15) is 6.04 Å². The zero-order chi connectivity index (χ0) is 24.5. The molecule has 0 radical (unpaired) electrons. The highest BCUT2D eigenvalue weighted by molar-refractivity contribution is 9.10. The Morgan fingerprint density at radius 2 is 1.59 bits per heavy atom. The Bertz CT molecular complexity index is 1100. The van der Waals surface area contributed by atoms with Crippen LogP contribution in [0.2, 0.25) is 0 Å². The fraction of sp³-hybridized carbons (Fsp3) is 0.310. The van der Waals surface area contributed by atoms with E-state index in [1.165, 1.54) is 0 Å². The highest BCUT2D eigenvalue weighted by atomic mass is 79.9. The van der Waals surface area contributed by atoms with E-state index in [0.29, 0.717) is 13.0 Å². The Morgan fingerprint density at radius 3 is 2.26 bits per heavy atom. The molecule has 0 saturated heterocycles. The SMILES string of the molecule is CC[C@@H](C)NC(=O)[C@H](Cc1ccccc1)N(Cc1cccc(Br)c1)C(=O)Cc1cccc(C)c1. The minimum Gasteiger partial charge on any atom is -0.352 e. The summed E-state index contributed by atoms with van der Waals surface area (Å²) >= 11 is 3.53. The van der Waals surface area contributed by atoms with E-state index in [0.717, 1.165) is 33.1 Å². The summed E-state index contributed by atoms with van der Waals surface area (Å²) in [6.07, 6.45) is 1.53. The normalized spacial score (nSPS) is 12.6. The fourth-order valence-corrected chi connectivity index (χ4v) is 4.37. The molecule has 34 heavy (non-hydrogen) atoms. The number of aryl methyl sites for hydroxylation is 1. The second kappa shape index (κ2) is 12.5. The summed E-state index contributed by atoms with van der Waals surface area (Å²) in [7, 11) is 0. The Balaban J connectivity index is 1.97. The summed E-state index contributed by atoms with van der Waals surface area (Å²) in [6, 6.07) is 25.2. The molecule has 0 fully saturated rings. The van der Waals surface area contributed by atoms with Crippen molar-refractivity contribution in [3.8, 4) is 0 Å². The van der Waals surface area contributed by atoms with Crippen LogP contribution in [0.4, 0.5) is 0 Å². The van der Waals surface area contributed by atoms with Crippen molar-refractivity contribution in [3.05, 3.63) is 106 Å². The van der Waals surface area contributed by atoms with Gasteiger partial charge in [0.05, 0.1) is 6.42 Å². The molecular weight excluding hydrogens is 488 g/mol. The molecule has 0 bridgehead atoms. The summed E-state index contributed by atoms with van der Waals surface area (Å²) in [6.45, 7) is 6.41. The quantitative estimate of drug-likeness (QED) is 0.364. The first-order valence-corrected chi connectivity index (χ1v) is 12.6. The third-order valence-corrected chi connectivity index (χ3v) is 6.45. The van der Waals surface area contributed by atoms with Crippen molar-refractivity contribution in [1.82, 2.24) is 10.2 Å². The van der Waals surface area contributed by atoms with Crippen LogP contribution < -0.4 is 5.32 Å². The van der Waals surface area contributed by atoms with Crippen molar-refractivity contribution in [2.45, 2.75) is 58.7 Å². The maximum Gasteiger partial charge on any atom is 0.243 e. The molecule has 0 unspecified atom stereocenters. The average Bonchev–Trinajstić information content (AvgIpc) is 2.81. The Labute approximate surface area is 211 Å². The van der Waals surface area contributed by atoms with E-state index in [-0.39, 0.29) is 24.3 Å². The number of halogens is 1. The first kappa shape index (κ1) is 25.7. The van der Waals surface area contributed by atoms with Gasteiger partial charge < -0.3 is 10.2 Å². The largest absolute Gasteiger partial charge is 0.352 e. The van der Waals surface area contributed by atoms with Gasteiger partial charge in [0.2, 0.25) is 11.8 Å². The summed E-state index contributed by atoms with van der Waals surface area (Å²) in [4.78, 5) is 29.0. The van der Waals surface area contributed by atoms with Gasteiger partial charge in [0.15, 0.2) is 0 Å². The monoisotopic (exact) mass is 520 g/mol. The predicted octanol–water partition coefficient (Wildman–Crippen LogP) is 5.85. The number of benzene rings is 3. The molecule has 3 aromatic rings. The molecule has 2 amide bonds. The van der Waals surface area contributed by atoms with Gasteiger partial charge in [0, 0.05) is 23.5 Å². The first-order valence-electron chi connectivity index (χ1n) is 11.8. The minimum absolute atomic E-state index is 0.0327. The van der Waals surface area contributed by atoms with Crippen molar-refractivity contribution in [2.75, 3.05) is 0 Å². The fourth-order valence-electron chi connectivity index (χ4n) is 3.93. The van der Waals surface area contributed by atoms with Crippen LogP contribution in [0.3, 0.4) is 0 Å². The number of amides is 2. The average molecular weight is 521 g/mol. The van der Waals surface area contributed by atoms with Crippen LogP contribution in [0, 0.1) is 6.92 Å². The molecule has 4 nitrogen and oxygen atoms in total. The van der Waals surface area contributed by atoms with Crippen LogP contribution in [0.25, 0.3) is 0 Å². The molecular formula is C29H33BrN2O2. The molecule has 1 N–H and O–H groups in total. The molecule has 2 atom stereocenters. The van der Waals surface area contributed by atoms with Crippen LogP contribution in [-0.4, -0.2) is 28.8 Å². The van der Waals surface area contributed by atoms with Gasteiger partial charge in [-0.2, -0.15) is 0 Å². The van der Waals surface area contributed by atoms with Crippen molar-refractivity contribution in [2.24, 2.45) is 0 Å². The van der Waals surface area contributed by atoms with E-state index in [9.17, 15) is 9.59 Å². The minimum atomic E-state index is -0.618. The van der Waals surface area contributed by atoms with Gasteiger partial charge in [-0.05, 0) is 49.1 Å². The van der Waals surface area contributed by atoms with Gasteiger partial charge in [-0.15, -0.1) is 0 Å². The van der Waals surface area contributed by atoms with Gasteiger partial charge in [-0.1, -0.05) is 95.1 Å². The van der Waals surface area contributed by atoms with Gasteiger partial charge in [-0.3, -0.25) is 9.59 Å². The maximum absolute atomic E-state index is 13.7. The number of nitrogens with one attached hydrogen (secondary N) is 1. The van der Waals surface area contributed by atoms with E-state index in [4.69, 9.17) is 0 Å². The number of rotatable bonds is 10. The number of carbonyl (C=O) groups is 2. The molecule has 0 aromatic heterocycles. The van der Waals surface area contributed by atoms with Crippen molar-refractivity contribution < 1.29 is 9.59 Å². The molecule has 178 valence electrons. The lowest BCUT2D eigenvalue weighted by Crippen LogP contribution is -2.52. The highest BCUT2D eigenvalue weighted by Gasteiger charge is 2.31. The van der Waals surface area contributed by atoms with Crippen LogP contribution >= 0.6 is 15.9 Å². The number of carbonyl (C=O) groups excluding carboxylic acids is 2. The smallest absolute Gasteiger partial charge is 0.243 e.